The van der Waals surface area contributed by atoms with E-state index < -0.39 is 0 Å². The van der Waals surface area contributed by atoms with Gasteiger partial charge < -0.3 is 15.5 Å². The summed E-state index contributed by atoms with van der Waals surface area (Å²) in [4.78, 5) is 26.2. The molecule has 1 unspecified atom stereocenters. The van der Waals surface area contributed by atoms with Gasteiger partial charge in [0, 0.05) is 44.2 Å². The molecule has 0 saturated carbocycles. The van der Waals surface area contributed by atoms with Gasteiger partial charge in [0.25, 0.3) is 5.91 Å². The predicted molar refractivity (Wildman–Crippen MR) is 103 cm³/mol. The number of carbonyl (C=O) groups is 2. The summed E-state index contributed by atoms with van der Waals surface area (Å²) in [6.45, 7) is 11.2. The number of rotatable bonds is 4. The molecule has 2 N–H and O–H groups in total. The fourth-order valence-corrected chi connectivity index (χ4v) is 2.82. The molecule has 1 atom stereocenters. The van der Waals surface area contributed by atoms with Crippen molar-refractivity contribution in [2.24, 2.45) is 0 Å². The van der Waals surface area contributed by atoms with E-state index in [9.17, 15) is 9.59 Å². The van der Waals surface area contributed by atoms with Crippen LogP contribution in [0, 0.1) is 0 Å². The molecule has 0 aliphatic carbocycles. The number of amides is 2. The van der Waals surface area contributed by atoms with Crippen LogP contribution < -0.4 is 10.6 Å². The van der Waals surface area contributed by atoms with Crippen LogP contribution in [-0.2, 0) is 10.2 Å². The molecule has 2 amide bonds. The van der Waals surface area contributed by atoms with E-state index >= 15 is 0 Å². The van der Waals surface area contributed by atoms with Crippen molar-refractivity contribution in [3.8, 4) is 0 Å². The van der Waals surface area contributed by atoms with Crippen molar-refractivity contribution in [3.63, 3.8) is 0 Å². The number of benzene rings is 1. The van der Waals surface area contributed by atoms with Crippen molar-refractivity contribution in [1.29, 1.82) is 0 Å². The van der Waals surface area contributed by atoms with E-state index in [-0.39, 0.29) is 29.6 Å². The smallest absolute Gasteiger partial charge is 0.251 e. The van der Waals surface area contributed by atoms with E-state index in [0.29, 0.717) is 24.6 Å². The Morgan fingerprint density at radius 3 is 2.44 bits per heavy atom. The molecule has 0 spiro atoms. The zero-order chi connectivity index (χ0) is 17.7. The summed E-state index contributed by atoms with van der Waals surface area (Å²) in [5.41, 5.74) is 1.90. The van der Waals surface area contributed by atoms with Crippen molar-refractivity contribution in [2.45, 2.75) is 45.6 Å². The number of carbonyl (C=O) groups excluding carboxylic acids is 2. The molecule has 0 radical (unpaired) electrons. The SMILES string of the molecule is CC1CN(C(=O)CCNC(=O)c2ccc(C(C)(C)C)cc2)CCN1.Cl. The normalized spacial score (nSPS) is 17.6. The van der Waals surface area contributed by atoms with Gasteiger partial charge in [-0.1, -0.05) is 32.9 Å². The fraction of sp³-hybridized carbons (Fsp3) is 0.579. The minimum absolute atomic E-state index is 0. The second kappa shape index (κ2) is 9.20. The lowest BCUT2D eigenvalue weighted by atomic mass is 9.87. The van der Waals surface area contributed by atoms with Gasteiger partial charge in [-0.2, -0.15) is 0 Å². The van der Waals surface area contributed by atoms with E-state index in [0.717, 1.165) is 19.6 Å². The van der Waals surface area contributed by atoms with Crippen LogP contribution in [0.5, 0.6) is 0 Å². The van der Waals surface area contributed by atoms with Crippen LogP contribution in [0.3, 0.4) is 0 Å². The average molecular weight is 368 g/mol. The topological polar surface area (TPSA) is 61.4 Å². The third-order valence-electron chi connectivity index (χ3n) is 4.36. The number of piperazine rings is 1. The van der Waals surface area contributed by atoms with Crippen molar-refractivity contribution in [2.75, 3.05) is 26.2 Å². The molecule has 1 aliphatic heterocycles. The average Bonchev–Trinajstić information content (AvgIpc) is 2.54. The van der Waals surface area contributed by atoms with Gasteiger partial charge in [-0.15, -0.1) is 12.4 Å². The van der Waals surface area contributed by atoms with Crippen molar-refractivity contribution >= 4 is 24.2 Å². The van der Waals surface area contributed by atoms with E-state index in [2.05, 4.69) is 38.3 Å². The second-order valence-electron chi connectivity index (χ2n) is 7.53. The molecule has 5 nitrogen and oxygen atoms in total. The lowest BCUT2D eigenvalue weighted by Gasteiger charge is -2.32. The first-order chi connectivity index (χ1) is 11.3. The standard InChI is InChI=1S/C19H29N3O2.ClH/c1-14-13-22(12-11-20-14)17(23)9-10-21-18(24)15-5-7-16(8-6-15)19(2,3)4;/h5-8,14,20H,9-13H2,1-4H3,(H,21,24);1H. The Labute approximate surface area is 157 Å². The summed E-state index contributed by atoms with van der Waals surface area (Å²) < 4.78 is 0. The van der Waals surface area contributed by atoms with Crippen LogP contribution in [0.2, 0.25) is 0 Å². The molecule has 2 rings (SSSR count). The molecule has 1 saturated heterocycles. The molecule has 1 heterocycles. The monoisotopic (exact) mass is 367 g/mol. The highest BCUT2D eigenvalue weighted by atomic mass is 35.5. The van der Waals surface area contributed by atoms with Crippen LogP contribution >= 0.6 is 12.4 Å². The summed E-state index contributed by atoms with van der Waals surface area (Å²) >= 11 is 0. The number of hydrogen-bond donors (Lipinski definition) is 2. The first-order valence-electron chi connectivity index (χ1n) is 8.67. The summed E-state index contributed by atoms with van der Waals surface area (Å²) in [5.74, 6) is -0.0244. The first-order valence-corrected chi connectivity index (χ1v) is 8.67. The van der Waals surface area contributed by atoms with Crippen LogP contribution in [0.4, 0.5) is 0 Å². The predicted octanol–water partition coefficient (Wildman–Crippen LogP) is 2.35. The highest BCUT2D eigenvalue weighted by Crippen LogP contribution is 2.22. The van der Waals surface area contributed by atoms with E-state index in [4.69, 9.17) is 0 Å². The second-order valence-corrected chi connectivity index (χ2v) is 7.53. The van der Waals surface area contributed by atoms with Crippen LogP contribution in [0.1, 0.15) is 50.0 Å². The van der Waals surface area contributed by atoms with E-state index in [1.807, 2.05) is 29.2 Å². The van der Waals surface area contributed by atoms with Crippen LogP contribution in [0.25, 0.3) is 0 Å². The van der Waals surface area contributed by atoms with Gasteiger partial charge in [-0.3, -0.25) is 9.59 Å². The maximum atomic E-state index is 12.2. The Hall–Kier alpha value is -1.59. The molecule has 25 heavy (non-hydrogen) atoms. The third-order valence-corrected chi connectivity index (χ3v) is 4.36. The molecular formula is C19H30ClN3O2. The third kappa shape index (κ3) is 6.33. The van der Waals surface area contributed by atoms with Gasteiger partial charge in [0.1, 0.15) is 0 Å². The maximum Gasteiger partial charge on any atom is 0.251 e. The summed E-state index contributed by atoms with van der Waals surface area (Å²) in [5, 5.41) is 6.15. The zero-order valence-corrected chi connectivity index (χ0v) is 16.4. The van der Waals surface area contributed by atoms with E-state index in [1.54, 1.807) is 0 Å². The highest BCUT2D eigenvalue weighted by molar-refractivity contribution is 5.94. The van der Waals surface area contributed by atoms with Crippen molar-refractivity contribution in [3.05, 3.63) is 35.4 Å². The van der Waals surface area contributed by atoms with E-state index in [1.165, 1.54) is 5.56 Å². The Morgan fingerprint density at radius 2 is 1.88 bits per heavy atom. The fourth-order valence-electron chi connectivity index (χ4n) is 2.82. The number of hydrogen-bond acceptors (Lipinski definition) is 3. The van der Waals surface area contributed by atoms with Gasteiger partial charge in [0.05, 0.1) is 0 Å². The van der Waals surface area contributed by atoms with Gasteiger partial charge in [0.15, 0.2) is 0 Å². The molecule has 140 valence electrons. The summed E-state index contributed by atoms with van der Waals surface area (Å²) in [6.07, 6.45) is 0.346. The van der Waals surface area contributed by atoms with Gasteiger partial charge in [-0.25, -0.2) is 0 Å². The molecule has 1 aliphatic rings. The van der Waals surface area contributed by atoms with Crippen LogP contribution in [-0.4, -0.2) is 48.9 Å². The minimum atomic E-state index is -0.128. The number of nitrogens with one attached hydrogen (secondary N) is 2. The lowest BCUT2D eigenvalue weighted by Crippen LogP contribution is -2.51. The Kier molecular flexibility index (Phi) is 7.90. The molecule has 1 fully saturated rings. The first kappa shape index (κ1) is 21.5. The zero-order valence-electron chi connectivity index (χ0n) is 15.6. The maximum absolute atomic E-state index is 12.2. The molecule has 1 aromatic rings. The van der Waals surface area contributed by atoms with Crippen molar-refractivity contribution in [1.82, 2.24) is 15.5 Å². The number of nitrogens with zero attached hydrogens (tertiary/aromatic N) is 1. The number of halogens is 1. The largest absolute Gasteiger partial charge is 0.352 e. The summed E-state index contributed by atoms with van der Waals surface area (Å²) in [6, 6.07) is 7.99. The van der Waals surface area contributed by atoms with Gasteiger partial charge in [-0.05, 0) is 30.0 Å². The molecule has 0 aromatic heterocycles. The quantitative estimate of drug-likeness (QED) is 0.858. The Balaban J connectivity index is 0.00000312. The van der Waals surface area contributed by atoms with Crippen molar-refractivity contribution < 1.29 is 9.59 Å². The van der Waals surface area contributed by atoms with Crippen LogP contribution in [0.15, 0.2) is 24.3 Å². The molecule has 6 heteroatoms. The highest BCUT2D eigenvalue weighted by Gasteiger charge is 2.20. The lowest BCUT2D eigenvalue weighted by molar-refractivity contribution is -0.132. The Morgan fingerprint density at radius 1 is 1.24 bits per heavy atom. The summed E-state index contributed by atoms with van der Waals surface area (Å²) in [7, 11) is 0. The molecule has 0 bridgehead atoms. The van der Waals surface area contributed by atoms with Gasteiger partial charge >= 0.3 is 0 Å². The van der Waals surface area contributed by atoms with Gasteiger partial charge in [0.2, 0.25) is 5.91 Å². The molecular weight excluding hydrogens is 338 g/mol. The molecule has 1 aromatic carbocycles. The minimum Gasteiger partial charge on any atom is -0.352 e. The Bertz CT molecular complexity index is 581.